The highest BCUT2D eigenvalue weighted by molar-refractivity contribution is 5.91. The lowest BCUT2D eigenvalue weighted by molar-refractivity contribution is -0.290. The van der Waals surface area contributed by atoms with Gasteiger partial charge in [0.25, 0.3) is 0 Å². The van der Waals surface area contributed by atoms with Crippen LogP contribution in [0, 0.1) is 5.41 Å². The van der Waals surface area contributed by atoms with Crippen molar-refractivity contribution in [3.05, 3.63) is 161 Å². The quantitative estimate of drug-likeness (QED) is 0.0574. The van der Waals surface area contributed by atoms with Crippen molar-refractivity contribution in [2.24, 2.45) is 5.41 Å². The van der Waals surface area contributed by atoms with E-state index in [0.29, 0.717) is 0 Å². The molecule has 11 nitrogen and oxygen atoms in total. The highest BCUT2D eigenvalue weighted by Gasteiger charge is 2.54. The number of hydrogen-bond acceptors (Lipinski definition) is 11. The topological polar surface area (TPSA) is 141 Å². The molecule has 0 aliphatic carbocycles. The van der Waals surface area contributed by atoms with Gasteiger partial charge in [0.1, 0.15) is 12.7 Å². The number of carbonyl (C=O) groups excluding carboxylic acids is 5. The van der Waals surface area contributed by atoms with Crippen LogP contribution >= 0.6 is 0 Å². The normalized spacial score (nSPS) is 18.6. The van der Waals surface area contributed by atoms with E-state index in [4.69, 9.17) is 28.4 Å². The van der Waals surface area contributed by atoms with Crippen molar-refractivity contribution in [1.82, 2.24) is 0 Å². The number of ether oxygens (including phenoxy) is 6. The minimum absolute atomic E-state index is 0.132. The van der Waals surface area contributed by atoms with Crippen LogP contribution in [0.4, 0.5) is 0 Å². The summed E-state index contributed by atoms with van der Waals surface area (Å²) in [6, 6.07) is 32.3. The fraction of sp³-hybridized carbons (Fsp3) is 0.333. The molecule has 1 aliphatic rings. The fourth-order valence-electron chi connectivity index (χ4n) is 6.39. The Balaban J connectivity index is 1.56. The number of esters is 5. The molecule has 0 radical (unpaired) electrons. The molecule has 5 atom stereocenters. The van der Waals surface area contributed by atoms with Crippen LogP contribution in [0.5, 0.6) is 0 Å². The molecular formula is C48H50O11. The van der Waals surface area contributed by atoms with Gasteiger partial charge >= 0.3 is 29.8 Å². The van der Waals surface area contributed by atoms with Gasteiger partial charge in [-0.25, -0.2) is 19.2 Å². The summed E-state index contributed by atoms with van der Waals surface area (Å²) in [4.78, 5) is 68.5. The lowest BCUT2D eigenvalue weighted by Crippen LogP contribution is -2.63. The smallest absolute Gasteiger partial charge is 0.338 e. The first kappa shape index (κ1) is 43.8. The molecule has 0 N–H and O–H groups in total. The van der Waals surface area contributed by atoms with E-state index < -0.39 is 72.6 Å². The monoisotopic (exact) mass is 802 g/mol. The standard InChI is InChI=1S/C48H50O11/c1-5-19-33(20-6-2)29-30-48(3,4)31-39(49)56-47-42(59-46(53)37-27-17-10-18-28-37)41(58-45(52)36-25-15-9-16-26-36)40(57-44(51)35-23-13-8-14-24-35)38(55-47)32-54-43(50)34-21-11-7-12-22-34/h7-18,21-28,30,38,40-42,47H,5-6,19-20,31-32H2,1-4H3/t38-,40-,41+,42-,47?/m1/s1. The van der Waals surface area contributed by atoms with Gasteiger partial charge in [-0.3, -0.25) is 4.79 Å². The Labute approximate surface area is 344 Å². The Morgan fingerprint density at radius 3 is 1.42 bits per heavy atom. The summed E-state index contributed by atoms with van der Waals surface area (Å²) in [7, 11) is 0. The van der Waals surface area contributed by atoms with E-state index in [2.05, 4.69) is 19.6 Å². The van der Waals surface area contributed by atoms with Gasteiger partial charge in [0.2, 0.25) is 12.4 Å². The van der Waals surface area contributed by atoms with Gasteiger partial charge < -0.3 is 28.4 Å². The highest BCUT2D eigenvalue weighted by Crippen LogP contribution is 2.33. The van der Waals surface area contributed by atoms with Gasteiger partial charge in [0, 0.05) is 5.41 Å². The van der Waals surface area contributed by atoms with Crippen molar-refractivity contribution >= 4 is 29.8 Å². The molecule has 1 fully saturated rings. The lowest BCUT2D eigenvalue weighted by Gasteiger charge is -2.44. The third-order valence-electron chi connectivity index (χ3n) is 9.36. The van der Waals surface area contributed by atoms with E-state index in [-0.39, 0.29) is 28.7 Å². The van der Waals surface area contributed by atoms with E-state index in [1.54, 1.807) is 84.9 Å². The van der Waals surface area contributed by atoms with E-state index in [0.717, 1.165) is 31.3 Å². The first-order valence-electron chi connectivity index (χ1n) is 19.8. The predicted molar refractivity (Wildman–Crippen MR) is 218 cm³/mol. The molecule has 1 saturated heterocycles. The minimum atomic E-state index is -1.73. The Kier molecular flexibility index (Phi) is 15.9. The molecule has 0 amide bonds. The SMILES string of the molecule is CCCC(=C=CC(C)(C)CC(=O)OC1O[C@H](COC(=O)c2ccccc2)[C@@H](OC(=O)c2ccccc2)[C@H](OC(=O)c2ccccc2)[C@H]1OC(=O)c1ccccc1)CCC. The Morgan fingerprint density at radius 1 is 0.576 bits per heavy atom. The summed E-state index contributed by atoms with van der Waals surface area (Å²) < 4.78 is 36.2. The zero-order chi connectivity index (χ0) is 42.2. The van der Waals surface area contributed by atoms with Crippen molar-refractivity contribution < 1.29 is 52.4 Å². The van der Waals surface area contributed by atoms with Crippen molar-refractivity contribution in [2.75, 3.05) is 6.61 Å². The van der Waals surface area contributed by atoms with Crippen LogP contribution in [-0.4, -0.2) is 67.2 Å². The van der Waals surface area contributed by atoms with Gasteiger partial charge in [0.15, 0.2) is 12.2 Å². The number of carbonyl (C=O) groups is 5. The number of allylic oxidation sites excluding steroid dienone is 1. The van der Waals surface area contributed by atoms with Crippen molar-refractivity contribution in [2.45, 2.75) is 90.5 Å². The molecule has 0 bridgehead atoms. The van der Waals surface area contributed by atoms with Gasteiger partial charge in [-0.05, 0) is 73.0 Å². The molecule has 11 heteroatoms. The fourth-order valence-corrected chi connectivity index (χ4v) is 6.39. The van der Waals surface area contributed by atoms with Crippen LogP contribution in [0.2, 0.25) is 0 Å². The summed E-state index contributed by atoms with van der Waals surface area (Å²) in [6.07, 6.45) is -2.67. The highest BCUT2D eigenvalue weighted by atomic mass is 16.7. The summed E-state index contributed by atoms with van der Waals surface area (Å²) in [5, 5.41) is 0. The Bertz CT molecular complexity index is 2070. The first-order chi connectivity index (χ1) is 28.5. The number of rotatable bonds is 17. The van der Waals surface area contributed by atoms with Crippen molar-refractivity contribution in [1.29, 1.82) is 0 Å². The molecule has 4 aromatic carbocycles. The van der Waals surface area contributed by atoms with Gasteiger partial charge in [-0.2, -0.15) is 0 Å². The molecule has 5 rings (SSSR count). The van der Waals surface area contributed by atoms with Crippen molar-refractivity contribution in [3.8, 4) is 0 Å². The second-order valence-electron chi connectivity index (χ2n) is 14.8. The second kappa shape index (κ2) is 21.5. The molecule has 0 aromatic heterocycles. The third-order valence-corrected chi connectivity index (χ3v) is 9.36. The summed E-state index contributed by atoms with van der Waals surface area (Å²) in [6.45, 7) is 7.36. The minimum Gasteiger partial charge on any atom is -0.459 e. The van der Waals surface area contributed by atoms with E-state index in [1.807, 2.05) is 19.9 Å². The summed E-state index contributed by atoms with van der Waals surface area (Å²) >= 11 is 0. The van der Waals surface area contributed by atoms with Crippen LogP contribution in [0.15, 0.2) is 139 Å². The van der Waals surface area contributed by atoms with Crippen LogP contribution in [0.25, 0.3) is 0 Å². The van der Waals surface area contributed by atoms with Crippen LogP contribution in [-0.2, 0) is 33.2 Å². The van der Waals surface area contributed by atoms with E-state index in [1.165, 1.54) is 36.4 Å². The maximum absolute atomic E-state index is 13.9. The predicted octanol–water partition coefficient (Wildman–Crippen LogP) is 8.89. The second-order valence-corrected chi connectivity index (χ2v) is 14.8. The van der Waals surface area contributed by atoms with Crippen LogP contribution in [0.3, 0.4) is 0 Å². The molecule has 308 valence electrons. The zero-order valence-corrected chi connectivity index (χ0v) is 33.7. The summed E-state index contributed by atoms with van der Waals surface area (Å²) in [5.74, 6) is -4.03. The van der Waals surface area contributed by atoms with Crippen LogP contribution in [0.1, 0.15) is 101 Å². The molecule has 59 heavy (non-hydrogen) atoms. The zero-order valence-electron chi connectivity index (χ0n) is 33.7. The third kappa shape index (κ3) is 12.9. The maximum atomic E-state index is 13.9. The average molecular weight is 803 g/mol. The first-order valence-corrected chi connectivity index (χ1v) is 19.8. The average Bonchev–Trinajstić information content (AvgIpc) is 3.25. The molecule has 1 aliphatic heterocycles. The molecule has 0 saturated carbocycles. The molecule has 4 aromatic rings. The molecule has 1 heterocycles. The molecule has 0 spiro atoms. The lowest BCUT2D eigenvalue weighted by atomic mass is 9.88. The maximum Gasteiger partial charge on any atom is 0.338 e. The van der Waals surface area contributed by atoms with Crippen LogP contribution < -0.4 is 0 Å². The number of hydrogen-bond donors (Lipinski definition) is 0. The molecule has 1 unspecified atom stereocenters. The Hall–Kier alpha value is -6.29. The Morgan fingerprint density at radius 2 is 0.983 bits per heavy atom. The van der Waals surface area contributed by atoms with Gasteiger partial charge in [-0.15, -0.1) is 5.73 Å². The summed E-state index contributed by atoms with van der Waals surface area (Å²) in [5.41, 5.74) is 4.45. The largest absolute Gasteiger partial charge is 0.459 e. The van der Waals surface area contributed by atoms with E-state index >= 15 is 0 Å². The van der Waals surface area contributed by atoms with Gasteiger partial charge in [-0.1, -0.05) is 113 Å². The number of benzene rings is 4. The van der Waals surface area contributed by atoms with Crippen molar-refractivity contribution in [3.63, 3.8) is 0 Å². The van der Waals surface area contributed by atoms with Gasteiger partial charge in [0.05, 0.1) is 28.7 Å². The molecular weight excluding hydrogens is 753 g/mol. The van der Waals surface area contributed by atoms with E-state index in [9.17, 15) is 24.0 Å².